The molecule has 0 bridgehead atoms. The lowest BCUT2D eigenvalue weighted by atomic mass is 10.2. The Kier molecular flexibility index (Phi) is 4.58. The quantitative estimate of drug-likeness (QED) is 0.835. The van der Waals surface area contributed by atoms with E-state index in [1.807, 2.05) is 26.8 Å². The number of carbonyl (C=O) groups excluding carboxylic acids is 1. The first kappa shape index (κ1) is 15.5. The smallest absolute Gasteiger partial charge is 0.410 e. The summed E-state index contributed by atoms with van der Waals surface area (Å²) in [6.45, 7) is 5.74. The zero-order valence-corrected chi connectivity index (χ0v) is 13.3. The largest absolute Gasteiger partial charge is 0.444 e. The van der Waals surface area contributed by atoms with Crippen LogP contribution in [-0.4, -0.2) is 33.4 Å². The highest BCUT2D eigenvalue weighted by Crippen LogP contribution is 2.22. The van der Waals surface area contributed by atoms with Crippen molar-refractivity contribution in [2.75, 3.05) is 7.05 Å². The van der Waals surface area contributed by atoms with E-state index in [0.717, 1.165) is 5.69 Å². The van der Waals surface area contributed by atoms with Gasteiger partial charge in [0.15, 0.2) is 5.69 Å². The van der Waals surface area contributed by atoms with Gasteiger partial charge in [0.05, 0.1) is 16.7 Å². The molecule has 0 aliphatic rings. The molecule has 0 aliphatic heterocycles. The minimum absolute atomic E-state index is 0.301. The van der Waals surface area contributed by atoms with Crippen LogP contribution in [-0.2, 0) is 18.3 Å². The van der Waals surface area contributed by atoms with Crippen molar-refractivity contribution in [2.45, 2.75) is 32.9 Å². The number of carbonyl (C=O) groups is 1. The van der Waals surface area contributed by atoms with Gasteiger partial charge in [-0.05, 0) is 36.7 Å². The SMILES string of the molecule is CN(Cc1c(Br)c(C#N)nn1C)C(=O)OC(C)(C)C. The van der Waals surface area contributed by atoms with Crippen molar-refractivity contribution in [1.82, 2.24) is 14.7 Å². The summed E-state index contributed by atoms with van der Waals surface area (Å²) in [5.41, 5.74) is 0.507. The number of nitriles is 1. The molecule has 0 N–H and O–H groups in total. The molecule has 7 heteroatoms. The predicted octanol–water partition coefficient (Wildman–Crippen LogP) is 2.42. The molecule has 0 unspecified atom stereocenters. The third-order valence-corrected chi connectivity index (χ3v) is 3.13. The molecule has 0 fully saturated rings. The molecule has 0 saturated carbocycles. The number of nitrogens with zero attached hydrogens (tertiary/aromatic N) is 4. The predicted molar refractivity (Wildman–Crippen MR) is 73.3 cm³/mol. The Hall–Kier alpha value is -1.55. The molecule has 0 spiro atoms. The van der Waals surface area contributed by atoms with Gasteiger partial charge in [-0.3, -0.25) is 4.68 Å². The van der Waals surface area contributed by atoms with E-state index >= 15 is 0 Å². The molecule has 1 aromatic heterocycles. The van der Waals surface area contributed by atoms with E-state index in [1.165, 1.54) is 4.90 Å². The fourth-order valence-electron chi connectivity index (χ4n) is 1.41. The van der Waals surface area contributed by atoms with Crippen LogP contribution in [0.3, 0.4) is 0 Å². The first-order chi connectivity index (χ1) is 8.65. The highest BCUT2D eigenvalue weighted by molar-refractivity contribution is 9.10. The van der Waals surface area contributed by atoms with E-state index in [4.69, 9.17) is 10.00 Å². The molecule has 1 heterocycles. The molecule has 1 amide bonds. The summed E-state index contributed by atoms with van der Waals surface area (Å²) in [5, 5.41) is 12.9. The lowest BCUT2D eigenvalue weighted by Gasteiger charge is -2.24. The number of ether oxygens (including phenoxy) is 1. The minimum atomic E-state index is -0.535. The summed E-state index contributed by atoms with van der Waals surface area (Å²) < 4.78 is 7.44. The number of hydrogen-bond donors (Lipinski definition) is 0. The van der Waals surface area contributed by atoms with Crippen LogP contribution < -0.4 is 0 Å². The van der Waals surface area contributed by atoms with Gasteiger partial charge in [0.1, 0.15) is 11.7 Å². The summed E-state index contributed by atoms with van der Waals surface area (Å²) in [5.74, 6) is 0. The van der Waals surface area contributed by atoms with Crippen molar-refractivity contribution in [3.8, 4) is 6.07 Å². The van der Waals surface area contributed by atoms with Gasteiger partial charge in [-0.15, -0.1) is 0 Å². The maximum atomic E-state index is 11.9. The molecule has 0 radical (unpaired) electrons. The second-order valence-electron chi connectivity index (χ2n) is 5.18. The Morgan fingerprint density at radius 1 is 1.58 bits per heavy atom. The summed E-state index contributed by atoms with van der Waals surface area (Å²) >= 11 is 3.32. The fourth-order valence-corrected chi connectivity index (χ4v) is 1.96. The van der Waals surface area contributed by atoms with Crippen LogP contribution in [0.15, 0.2) is 4.47 Å². The van der Waals surface area contributed by atoms with Crippen LogP contribution in [0.4, 0.5) is 4.79 Å². The average Bonchev–Trinajstić information content (AvgIpc) is 2.54. The van der Waals surface area contributed by atoms with E-state index in [9.17, 15) is 4.79 Å². The van der Waals surface area contributed by atoms with Crippen molar-refractivity contribution in [3.05, 3.63) is 15.9 Å². The van der Waals surface area contributed by atoms with Crippen molar-refractivity contribution in [1.29, 1.82) is 5.26 Å². The first-order valence-corrected chi connectivity index (χ1v) is 6.50. The summed E-state index contributed by atoms with van der Waals surface area (Å²) in [4.78, 5) is 13.3. The Morgan fingerprint density at radius 2 is 2.16 bits per heavy atom. The molecular weight excluding hydrogens is 312 g/mol. The molecule has 0 aromatic carbocycles. The number of aryl methyl sites for hydroxylation is 1. The van der Waals surface area contributed by atoms with E-state index in [1.54, 1.807) is 18.8 Å². The summed E-state index contributed by atoms with van der Waals surface area (Å²) in [6, 6.07) is 1.98. The van der Waals surface area contributed by atoms with Crippen LogP contribution >= 0.6 is 15.9 Å². The zero-order chi connectivity index (χ0) is 14.8. The lowest BCUT2D eigenvalue weighted by Crippen LogP contribution is -2.34. The lowest BCUT2D eigenvalue weighted by molar-refractivity contribution is 0.0281. The normalized spacial score (nSPS) is 11.0. The number of aromatic nitrogens is 2. The number of hydrogen-bond acceptors (Lipinski definition) is 4. The van der Waals surface area contributed by atoms with Crippen LogP contribution in [0.5, 0.6) is 0 Å². The second-order valence-corrected chi connectivity index (χ2v) is 5.97. The van der Waals surface area contributed by atoms with Gasteiger partial charge in [0.2, 0.25) is 0 Å². The van der Waals surface area contributed by atoms with Crippen molar-refractivity contribution in [3.63, 3.8) is 0 Å². The standard InChI is InChI=1S/C12H17BrN4O2/c1-12(2,3)19-11(18)16(4)7-9-10(13)8(6-14)15-17(9)5/h7H2,1-5H3. The first-order valence-electron chi connectivity index (χ1n) is 5.71. The van der Waals surface area contributed by atoms with Crippen molar-refractivity contribution < 1.29 is 9.53 Å². The monoisotopic (exact) mass is 328 g/mol. The van der Waals surface area contributed by atoms with Crippen molar-refractivity contribution >= 4 is 22.0 Å². The Bertz CT molecular complexity index is 525. The fraction of sp³-hybridized carbons (Fsp3) is 0.583. The van der Waals surface area contributed by atoms with Gasteiger partial charge in [0, 0.05) is 14.1 Å². The van der Waals surface area contributed by atoms with Gasteiger partial charge < -0.3 is 9.64 Å². The number of rotatable bonds is 2. The van der Waals surface area contributed by atoms with Gasteiger partial charge in [-0.25, -0.2) is 4.79 Å². The average molecular weight is 329 g/mol. The second kappa shape index (κ2) is 5.61. The highest BCUT2D eigenvalue weighted by atomic mass is 79.9. The molecule has 0 atom stereocenters. The van der Waals surface area contributed by atoms with Crippen LogP contribution in [0, 0.1) is 11.3 Å². The Morgan fingerprint density at radius 3 is 2.58 bits per heavy atom. The zero-order valence-electron chi connectivity index (χ0n) is 11.7. The summed E-state index contributed by atoms with van der Waals surface area (Å²) in [7, 11) is 3.36. The minimum Gasteiger partial charge on any atom is -0.444 e. The third kappa shape index (κ3) is 3.96. The van der Waals surface area contributed by atoms with E-state index in [0.29, 0.717) is 16.7 Å². The van der Waals surface area contributed by atoms with Gasteiger partial charge in [-0.1, -0.05) is 0 Å². The molecule has 0 aliphatic carbocycles. The number of amides is 1. The Balaban J connectivity index is 2.83. The van der Waals surface area contributed by atoms with Gasteiger partial charge in [0.25, 0.3) is 0 Å². The topological polar surface area (TPSA) is 71.2 Å². The molecule has 104 valence electrons. The molecule has 0 saturated heterocycles. The van der Waals surface area contributed by atoms with Gasteiger partial charge in [-0.2, -0.15) is 10.4 Å². The molecule has 19 heavy (non-hydrogen) atoms. The summed E-state index contributed by atoms with van der Waals surface area (Å²) in [6.07, 6.45) is -0.417. The highest BCUT2D eigenvalue weighted by Gasteiger charge is 2.22. The van der Waals surface area contributed by atoms with Crippen molar-refractivity contribution in [2.24, 2.45) is 7.05 Å². The maximum Gasteiger partial charge on any atom is 0.410 e. The molecule has 1 aromatic rings. The number of halogens is 1. The Labute approximate surface area is 121 Å². The van der Waals surface area contributed by atoms with Crippen LogP contribution in [0.2, 0.25) is 0 Å². The van der Waals surface area contributed by atoms with E-state index in [-0.39, 0.29) is 0 Å². The van der Waals surface area contributed by atoms with Crippen LogP contribution in [0.25, 0.3) is 0 Å². The van der Waals surface area contributed by atoms with E-state index in [2.05, 4.69) is 21.0 Å². The van der Waals surface area contributed by atoms with E-state index < -0.39 is 11.7 Å². The third-order valence-electron chi connectivity index (χ3n) is 2.30. The van der Waals surface area contributed by atoms with Crippen LogP contribution in [0.1, 0.15) is 32.2 Å². The molecule has 6 nitrogen and oxygen atoms in total. The van der Waals surface area contributed by atoms with Gasteiger partial charge >= 0.3 is 6.09 Å². The molecular formula is C12H17BrN4O2. The maximum absolute atomic E-state index is 11.9. The molecule has 1 rings (SSSR count).